The van der Waals surface area contributed by atoms with Crippen molar-refractivity contribution in [3.05, 3.63) is 58.9 Å². The van der Waals surface area contributed by atoms with E-state index in [1.54, 1.807) is 24.7 Å². The molecular weight excluding hydrogens is 428 g/mol. The first-order valence-electron chi connectivity index (χ1n) is 10.9. The molecule has 0 radical (unpaired) electrons. The number of amides is 1. The van der Waals surface area contributed by atoms with Crippen molar-refractivity contribution >= 4 is 22.8 Å². The van der Waals surface area contributed by atoms with Gasteiger partial charge in [0.05, 0.1) is 17.4 Å². The van der Waals surface area contributed by atoms with Crippen LogP contribution in [-0.4, -0.2) is 48.7 Å². The van der Waals surface area contributed by atoms with Crippen LogP contribution in [0.15, 0.2) is 30.6 Å². The van der Waals surface area contributed by atoms with Crippen molar-refractivity contribution < 1.29 is 4.79 Å². The third-order valence-corrected chi connectivity index (χ3v) is 5.38. The Morgan fingerprint density at radius 2 is 1.76 bits per heavy atom. The summed E-state index contributed by atoms with van der Waals surface area (Å²) in [6.45, 7) is 7.56. The predicted octanol–water partition coefficient (Wildman–Crippen LogP) is 2.69. The van der Waals surface area contributed by atoms with Gasteiger partial charge in [-0.3, -0.25) is 14.5 Å². The van der Waals surface area contributed by atoms with E-state index < -0.39 is 0 Å². The van der Waals surface area contributed by atoms with Gasteiger partial charge in [-0.05, 0) is 64.9 Å². The molecule has 0 aromatic carbocycles. The summed E-state index contributed by atoms with van der Waals surface area (Å²) in [4.78, 5) is 30.4. The maximum absolute atomic E-state index is 12.5. The highest BCUT2D eigenvalue weighted by molar-refractivity contribution is 5.95. The van der Waals surface area contributed by atoms with Crippen LogP contribution in [0, 0.1) is 32.6 Å². The van der Waals surface area contributed by atoms with Crippen LogP contribution in [0.1, 0.15) is 35.3 Å². The number of rotatable bonds is 4. The van der Waals surface area contributed by atoms with E-state index in [1.165, 1.54) is 6.33 Å². The average molecular weight is 455 g/mol. The number of nitrogens with one attached hydrogen (secondary N) is 2. The average Bonchev–Trinajstić information content (AvgIpc) is 3.10. The van der Waals surface area contributed by atoms with E-state index in [-0.39, 0.29) is 11.9 Å². The molecule has 0 saturated heterocycles. The Morgan fingerprint density at radius 3 is 2.47 bits per heavy atom. The molecule has 1 amide bonds. The van der Waals surface area contributed by atoms with E-state index in [1.807, 2.05) is 46.0 Å². The van der Waals surface area contributed by atoms with E-state index in [0.29, 0.717) is 17.2 Å². The number of aryl methyl sites for hydroxylation is 4. The van der Waals surface area contributed by atoms with Gasteiger partial charge in [0.25, 0.3) is 0 Å². The second-order valence-electron chi connectivity index (χ2n) is 8.14. The lowest BCUT2D eigenvalue weighted by molar-refractivity contribution is -0.117. The first-order chi connectivity index (χ1) is 16.2. The van der Waals surface area contributed by atoms with Crippen molar-refractivity contribution in [2.75, 3.05) is 12.4 Å². The predicted molar refractivity (Wildman–Crippen MR) is 131 cm³/mol. The monoisotopic (exact) mass is 454 g/mol. The molecule has 0 bridgehead atoms. The highest BCUT2D eigenvalue weighted by Gasteiger charge is 2.17. The van der Waals surface area contributed by atoms with E-state index in [4.69, 9.17) is 0 Å². The SMILES string of the molecule is CNC(C)C(=O)Nc1cc(-c2ncnc3c(C)nn(C)c23)cc(C#Cc2cc(C)nc(C)c2)n1. The van der Waals surface area contributed by atoms with E-state index >= 15 is 0 Å². The number of carbonyl (C=O) groups excluding carboxylic acids is 1. The Morgan fingerprint density at radius 1 is 1.03 bits per heavy atom. The number of anilines is 1. The van der Waals surface area contributed by atoms with Gasteiger partial charge >= 0.3 is 0 Å². The number of fused-ring (bicyclic) bond motifs is 1. The van der Waals surface area contributed by atoms with Gasteiger partial charge in [-0.2, -0.15) is 5.10 Å². The largest absolute Gasteiger partial charge is 0.309 e. The molecule has 1 atom stereocenters. The molecule has 4 heterocycles. The summed E-state index contributed by atoms with van der Waals surface area (Å²) < 4.78 is 1.76. The first kappa shape index (κ1) is 23.0. The Balaban J connectivity index is 1.85. The van der Waals surface area contributed by atoms with E-state index in [9.17, 15) is 4.79 Å². The maximum Gasteiger partial charge on any atom is 0.242 e. The third kappa shape index (κ3) is 4.77. The Labute approximate surface area is 198 Å². The van der Waals surface area contributed by atoms with Gasteiger partial charge in [0.15, 0.2) is 0 Å². The van der Waals surface area contributed by atoms with Crippen LogP contribution in [0.5, 0.6) is 0 Å². The quantitative estimate of drug-likeness (QED) is 0.456. The fraction of sp³-hybridized carbons (Fsp3) is 0.280. The molecule has 0 aliphatic rings. The van der Waals surface area contributed by atoms with Crippen molar-refractivity contribution in [2.45, 2.75) is 33.7 Å². The molecule has 2 N–H and O–H groups in total. The molecule has 0 fully saturated rings. The Bertz CT molecular complexity index is 1440. The summed E-state index contributed by atoms with van der Waals surface area (Å²) in [6.07, 6.45) is 1.52. The van der Waals surface area contributed by atoms with Crippen molar-refractivity contribution in [2.24, 2.45) is 7.05 Å². The molecule has 0 aliphatic heterocycles. The minimum Gasteiger partial charge on any atom is -0.309 e. The molecule has 0 aliphatic carbocycles. The van der Waals surface area contributed by atoms with Crippen LogP contribution in [0.25, 0.3) is 22.3 Å². The van der Waals surface area contributed by atoms with Gasteiger partial charge in [0.2, 0.25) is 5.91 Å². The normalized spacial score (nSPS) is 11.7. The lowest BCUT2D eigenvalue weighted by atomic mass is 10.1. The Hall–Kier alpha value is -4.16. The smallest absolute Gasteiger partial charge is 0.242 e. The molecule has 9 nitrogen and oxygen atoms in total. The molecule has 172 valence electrons. The van der Waals surface area contributed by atoms with Crippen LogP contribution in [0.2, 0.25) is 0 Å². The highest BCUT2D eigenvalue weighted by Crippen LogP contribution is 2.28. The highest BCUT2D eigenvalue weighted by atomic mass is 16.2. The second-order valence-corrected chi connectivity index (χ2v) is 8.14. The fourth-order valence-corrected chi connectivity index (χ4v) is 3.69. The summed E-state index contributed by atoms with van der Waals surface area (Å²) in [5, 5.41) is 10.3. The van der Waals surface area contributed by atoms with Crippen LogP contribution >= 0.6 is 0 Å². The summed E-state index contributed by atoms with van der Waals surface area (Å²) >= 11 is 0. The van der Waals surface area contributed by atoms with Gasteiger partial charge in [-0.25, -0.2) is 15.0 Å². The van der Waals surface area contributed by atoms with Crippen LogP contribution in [0.3, 0.4) is 0 Å². The fourth-order valence-electron chi connectivity index (χ4n) is 3.69. The van der Waals surface area contributed by atoms with Gasteiger partial charge in [0, 0.05) is 29.6 Å². The minimum absolute atomic E-state index is 0.198. The number of carbonyl (C=O) groups is 1. The number of likely N-dealkylation sites (N-methyl/N-ethyl adjacent to an activating group) is 1. The molecule has 34 heavy (non-hydrogen) atoms. The summed E-state index contributed by atoms with van der Waals surface area (Å²) in [5.74, 6) is 6.48. The van der Waals surface area contributed by atoms with Gasteiger partial charge in [-0.1, -0.05) is 5.92 Å². The zero-order valence-electron chi connectivity index (χ0n) is 20.1. The zero-order valence-corrected chi connectivity index (χ0v) is 20.1. The lowest BCUT2D eigenvalue weighted by Gasteiger charge is -2.12. The second kappa shape index (κ2) is 9.37. The molecule has 1 unspecified atom stereocenters. The topological polar surface area (TPSA) is 111 Å². The molecule has 0 spiro atoms. The van der Waals surface area contributed by atoms with E-state index in [0.717, 1.165) is 39.2 Å². The van der Waals surface area contributed by atoms with Crippen LogP contribution in [-0.2, 0) is 11.8 Å². The van der Waals surface area contributed by atoms with Gasteiger partial charge in [0.1, 0.15) is 28.9 Å². The van der Waals surface area contributed by atoms with Crippen molar-refractivity contribution in [3.63, 3.8) is 0 Å². The number of aromatic nitrogens is 6. The lowest BCUT2D eigenvalue weighted by Crippen LogP contribution is -2.35. The summed E-state index contributed by atoms with van der Waals surface area (Å²) in [6, 6.07) is 7.11. The molecule has 9 heteroatoms. The number of pyridine rings is 2. The van der Waals surface area contributed by atoms with E-state index in [2.05, 4.69) is 47.5 Å². The maximum atomic E-state index is 12.5. The van der Waals surface area contributed by atoms with Crippen LogP contribution in [0.4, 0.5) is 5.82 Å². The number of hydrogen-bond donors (Lipinski definition) is 2. The van der Waals surface area contributed by atoms with Crippen molar-refractivity contribution in [1.82, 2.24) is 35.0 Å². The molecule has 4 aromatic heterocycles. The molecule has 4 aromatic rings. The zero-order chi connectivity index (χ0) is 24.4. The van der Waals surface area contributed by atoms with Gasteiger partial charge in [-0.15, -0.1) is 0 Å². The molecular formula is C25H26N8O. The summed E-state index contributed by atoms with van der Waals surface area (Å²) in [5.41, 5.74) is 6.97. The number of nitrogens with zero attached hydrogens (tertiary/aromatic N) is 6. The molecule has 0 saturated carbocycles. The summed E-state index contributed by atoms with van der Waals surface area (Å²) in [7, 11) is 3.58. The van der Waals surface area contributed by atoms with Crippen molar-refractivity contribution in [3.8, 4) is 23.1 Å². The van der Waals surface area contributed by atoms with Crippen molar-refractivity contribution in [1.29, 1.82) is 0 Å². The standard InChI is InChI=1S/C25H26N8O/c1-14-9-18(10-15(2)29-14)7-8-20-11-19(12-21(30-20)31-25(34)17(4)26-5)23-24-22(27-13-28-23)16(3)32-33(24)6/h9-13,17,26H,1-6H3,(H,30,31,34). The van der Waals surface area contributed by atoms with Gasteiger partial charge < -0.3 is 10.6 Å². The first-order valence-corrected chi connectivity index (χ1v) is 10.9. The number of hydrogen-bond acceptors (Lipinski definition) is 7. The third-order valence-electron chi connectivity index (χ3n) is 5.38. The van der Waals surface area contributed by atoms with Crippen LogP contribution < -0.4 is 10.6 Å². The Kier molecular flexibility index (Phi) is 6.34. The molecule has 4 rings (SSSR count). The minimum atomic E-state index is -0.381.